The number of hydrogen-bond acceptors (Lipinski definition) is 3. The highest BCUT2D eigenvalue weighted by Crippen LogP contribution is 2.18. The van der Waals surface area contributed by atoms with Gasteiger partial charge in [-0.15, -0.1) is 0 Å². The Kier molecular flexibility index (Phi) is 3.17. The SMILES string of the molecule is Cc1cc(C)cc(S/C=N/N)c1. The van der Waals surface area contributed by atoms with Crippen LogP contribution in [-0.2, 0) is 0 Å². The quantitative estimate of drug-likeness (QED) is 0.249. The van der Waals surface area contributed by atoms with Crippen molar-refractivity contribution >= 4 is 17.3 Å². The summed E-state index contributed by atoms with van der Waals surface area (Å²) < 4.78 is 0. The first-order valence-electron chi connectivity index (χ1n) is 3.69. The Bertz CT molecular complexity index is 274. The van der Waals surface area contributed by atoms with Gasteiger partial charge in [-0.2, -0.15) is 5.10 Å². The predicted molar refractivity (Wildman–Crippen MR) is 54.5 cm³/mol. The molecule has 0 aromatic heterocycles. The fourth-order valence-electron chi connectivity index (χ4n) is 1.09. The summed E-state index contributed by atoms with van der Waals surface area (Å²) in [5.74, 6) is 5.00. The number of aryl methyl sites for hydroxylation is 2. The molecule has 0 bridgehead atoms. The lowest BCUT2D eigenvalue weighted by atomic mass is 10.2. The normalized spacial score (nSPS) is 10.8. The van der Waals surface area contributed by atoms with Gasteiger partial charge in [-0.1, -0.05) is 17.8 Å². The summed E-state index contributed by atoms with van der Waals surface area (Å²) >= 11 is 1.53. The first-order chi connectivity index (χ1) is 5.72. The van der Waals surface area contributed by atoms with Crippen LogP contribution in [0, 0.1) is 13.8 Å². The molecule has 2 N–H and O–H groups in total. The van der Waals surface area contributed by atoms with E-state index in [0.29, 0.717) is 0 Å². The third-order valence-corrected chi connectivity index (χ3v) is 2.18. The van der Waals surface area contributed by atoms with Gasteiger partial charge in [0.15, 0.2) is 0 Å². The van der Waals surface area contributed by atoms with E-state index in [0.717, 1.165) is 0 Å². The zero-order valence-corrected chi connectivity index (χ0v) is 8.06. The summed E-state index contributed by atoms with van der Waals surface area (Å²) in [6.07, 6.45) is 0. The second kappa shape index (κ2) is 4.16. The second-order valence-corrected chi connectivity index (χ2v) is 3.61. The highest BCUT2D eigenvalue weighted by Gasteiger charge is 1.93. The van der Waals surface area contributed by atoms with Crippen LogP contribution in [-0.4, -0.2) is 5.55 Å². The molecular weight excluding hydrogens is 168 g/mol. The summed E-state index contributed by atoms with van der Waals surface area (Å²) in [7, 11) is 0. The van der Waals surface area contributed by atoms with Gasteiger partial charge in [0.05, 0.1) is 5.55 Å². The predicted octanol–water partition coefficient (Wildman–Crippen LogP) is 2.30. The van der Waals surface area contributed by atoms with Crippen molar-refractivity contribution in [1.82, 2.24) is 0 Å². The van der Waals surface area contributed by atoms with Crippen molar-refractivity contribution in [3.05, 3.63) is 29.3 Å². The van der Waals surface area contributed by atoms with Crippen LogP contribution in [0.15, 0.2) is 28.2 Å². The molecule has 1 aromatic carbocycles. The number of thioether (sulfide) groups is 1. The number of rotatable bonds is 2. The van der Waals surface area contributed by atoms with E-state index in [1.807, 2.05) is 0 Å². The molecular formula is C9H12N2S. The second-order valence-electron chi connectivity index (χ2n) is 2.70. The van der Waals surface area contributed by atoms with Gasteiger partial charge in [0.1, 0.15) is 0 Å². The average Bonchev–Trinajstić information content (AvgIpc) is 1.99. The molecule has 0 saturated heterocycles. The van der Waals surface area contributed by atoms with Crippen LogP contribution in [0.5, 0.6) is 0 Å². The third kappa shape index (κ3) is 2.58. The minimum absolute atomic E-state index is 1.18. The van der Waals surface area contributed by atoms with Gasteiger partial charge in [-0.05, 0) is 37.1 Å². The van der Waals surface area contributed by atoms with Gasteiger partial charge in [0, 0.05) is 4.90 Å². The summed E-state index contributed by atoms with van der Waals surface area (Å²) in [4.78, 5) is 1.18. The fraction of sp³-hybridized carbons (Fsp3) is 0.222. The van der Waals surface area contributed by atoms with Crippen molar-refractivity contribution in [3.63, 3.8) is 0 Å². The lowest BCUT2D eigenvalue weighted by Gasteiger charge is -2.00. The minimum atomic E-state index is 1.18. The van der Waals surface area contributed by atoms with E-state index >= 15 is 0 Å². The molecule has 0 saturated carbocycles. The van der Waals surface area contributed by atoms with Crippen LogP contribution in [0.2, 0.25) is 0 Å². The van der Waals surface area contributed by atoms with E-state index < -0.39 is 0 Å². The van der Waals surface area contributed by atoms with Crippen LogP contribution in [0.25, 0.3) is 0 Å². The van der Waals surface area contributed by atoms with E-state index in [1.54, 1.807) is 5.55 Å². The lowest BCUT2D eigenvalue weighted by Crippen LogP contribution is -1.81. The highest BCUT2D eigenvalue weighted by atomic mass is 32.2. The third-order valence-electron chi connectivity index (χ3n) is 1.44. The molecule has 0 spiro atoms. The van der Waals surface area contributed by atoms with E-state index in [4.69, 9.17) is 5.84 Å². The Morgan fingerprint density at radius 2 is 1.83 bits per heavy atom. The van der Waals surface area contributed by atoms with E-state index in [2.05, 4.69) is 37.1 Å². The molecule has 1 rings (SSSR count). The molecule has 2 nitrogen and oxygen atoms in total. The Balaban J connectivity index is 2.85. The monoisotopic (exact) mass is 180 g/mol. The molecule has 0 heterocycles. The molecule has 0 atom stereocenters. The van der Waals surface area contributed by atoms with Gasteiger partial charge in [0.25, 0.3) is 0 Å². The Morgan fingerprint density at radius 1 is 1.25 bits per heavy atom. The van der Waals surface area contributed by atoms with Crippen LogP contribution >= 0.6 is 11.8 Å². The molecule has 0 aliphatic rings. The number of hydrazone groups is 1. The zero-order chi connectivity index (χ0) is 8.97. The summed E-state index contributed by atoms with van der Waals surface area (Å²) in [5.41, 5.74) is 4.17. The lowest BCUT2D eigenvalue weighted by molar-refractivity contribution is 1.27. The first kappa shape index (κ1) is 9.13. The van der Waals surface area contributed by atoms with Crippen molar-refractivity contribution in [2.45, 2.75) is 18.7 Å². The minimum Gasteiger partial charge on any atom is -0.323 e. The van der Waals surface area contributed by atoms with Crippen molar-refractivity contribution in [2.24, 2.45) is 10.9 Å². The zero-order valence-electron chi connectivity index (χ0n) is 7.24. The topological polar surface area (TPSA) is 38.4 Å². The van der Waals surface area contributed by atoms with Crippen LogP contribution in [0.3, 0.4) is 0 Å². The maximum absolute atomic E-state index is 5.00. The largest absolute Gasteiger partial charge is 0.323 e. The maximum atomic E-state index is 5.00. The van der Waals surface area contributed by atoms with Crippen LogP contribution in [0.1, 0.15) is 11.1 Å². The molecule has 1 aromatic rings. The van der Waals surface area contributed by atoms with Crippen molar-refractivity contribution < 1.29 is 0 Å². The molecule has 12 heavy (non-hydrogen) atoms. The molecule has 0 amide bonds. The number of benzene rings is 1. The number of nitrogens with zero attached hydrogens (tertiary/aromatic N) is 1. The number of nitrogens with two attached hydrogens (primary N) is 1. The Labute approximate surface area is 76.9 Å². The van der Waals surface area contributed by atoms with Crippen molar-refractivity contribution in [3.8, 4) is 0 Å². The van der Waals surface area contributed by atoms with E-state index in [1.165, 1.54) is 27.8 Å². The van der Waals surface area contributed by atoms with Gasteiger partial charge in [0.2, 0.25) is 0 Å². The summed E-state index contributed by atoms with van der Waals surface area (Å²) in [5, 5.41) is 3.43. The maximum Gasteiger partial charge on any atom is 0.0842 e. The molecule has 0 aliphatic heterocycles. The Hall–Kier alpha value is -0.960. The van der Waals surface area contributed by atoms with Gasteiger partial charge < -0.3 is 5.84 Å². The van der Waals surface area contributed by atoms with Crippen LogP contribution in [0.4, 0.5) is 0 Å². The van der Waals surface area contributed by atoms with Gasteiger partial charge in [-0.25, -0.2) is 0 Å². The van der Waals surface area contributed by atoms with Gasteiger partial charge in [-0.3, -0.25) is 0 Å². The summed E-state index contributed by atoms with van der Waals surface area (Å²) in [6, 6.07) is 6.36. The van der Waals surface area contributed by atoms with E-state index in [-0.39, 0.29) is 0 Å². The van der Waals surface area contributed by atoms with E-state index in [9.17, 15) is 0 Å². The molecule has 3 heteroatoms. The summed E-state index contributed by atoms with van der Waals surface area (Å²) in [6.45, 7) is 4.16. The highest BCUT2D eigenvalue weighted by molar-refractivity contribution is 8.12. The van der Waals surface area contributed by atoms with Crippen molar-refractivity contribution in [1.29, 1.82) is 0 Å². The molecule has 0 unspecified atom stereocenters. The standard InChI is InChI=1S/C9H12N2S/c1-7-3-8(2)5-9(4-7)12-6-11-10/h3-6H,10H2,1-2H3/b11-6+. The average molecular weight is 180 g/mol. The first-order valence-corrected chi connectivity index (χ1v) is 4.57. The fourth-order valence-corrected chi connectivity index (χ4v) is 1.78. The molecule has 64 valence electrons. The number of hydrogen-bond donors (Lipinski definition) is 1. The molecule has 0 radical (unpaired) electrons. The van der Waals surface area contributed by atoms with Crippen molar-refractivity contribution in [2.75, 3.05) is 0 Å². The van der Waals surface area contributed by atoms with Crippen LogP contribution < -0.4 is 5.84 Å². The molecule has 0 aliphatic carbocycles. The smallest absolute Gasteiger partial charge is 0.0842 e. The Morgan fingerprint density at radius 3 is 2.33 bits per heavy atom. The molecule has 0 fully saturated rings. The van der Waals surface area contributed by atoms with Gasteiger partial charge >= 0.3 is 0 Å².